The first kappa shape index (κ1) is 52.8. The molecule has 6 heteroatoms. The van der Waals surface area contributed by atoms with E-state index in [1.165, 1.54) is 0 Å². The Labute approximate surface area is 489 Å². The van der Waals surface area contributed by atoms with Crippen molar-refractivity contribution in [3.63, 3.8) is 0 Å². The van der Waals surface area contributed by atoms with Crippen LogP contribution in [-0.4, -0.2) is 30.6 Å². The standard InChI is InChI=1S/C78H60O6/c79-73-61-31-55(49-19-7-1-8-20-49)32-62(73)44-64-34-57(51-23-11-3-12-24-51)36-66(75(64)81)46-68-38-59(53-27-15-5-16-28-53)40-70(77(68)83)48-72-42-60(54-29-17-6-18-30-54)41-71(78(72)84)47-69-39-58(52-25-13-4-14-26-52)37-67(76(69)82)45-65-35-56(33-63(43-61)74(65)80)50-21-9-2-10-22-50/h1-42,79-84H,43-48H2. The highest BCUT2D eigenvalue weighted by Crippen LogP contribution is 2.45. The van der Waals surface area contributed by atoms with Crippen LogP contribution in [0.15, 0.2) is 255 Å². The summed E-state index contributed by atoms with van der Waals surface area (Å²) in [5.41, 5.74) is 17.7. The van der Waals surface area contributed by atoms with Gasteiger partial charge in [-0.2, -0.15) is 0 Å². The monoisotopic (exact) mass is 1090 g/mol. The summed E-state index contributed by atoms with van der Waals surface area (Å²) in [6.45, 7) is 0. The molecule has 0 aliphatic heterocycles. The SMILES string of the molecule is Oc1c2cc(-c3ccccc3)cc1Cc1cc(-c3ccccc3)cc(c1O)Cc1cc(-c3ccccc3)cc(c1O)Cc1cc(-c3ccccc3)cc(c1O)Cc1cc(-c3ccccc3)cc(c1O)Cc1cc(-c3ccccc3)cc(c1O)C2. The molecule has 0 saturated heterocycles. The fourth-order valence-corrected chi connectivity index (χ4v) is 12.2. The topological polar surface area (TPSA) is 121 Å². The van der Waals surface area contributed by atoms with E-state index >= 15 is 0 Å². The van der Waals surface area contributed by atoms with Crippen LogP contribution in [-0.2, 0) is 38.5 Å². The van der Waals surface area contributed by atoms with Crippen molar-refractivity contribution in [3.05, 3.63) is 322 Å². The van der Waals surface area contributed by atoms with Crippen LogP contribution < -0.4 is 0 Å². The average molecular weight is 1090 g/mol. The molecule has 408 valence electrons. The van der Waals surface area contributed by atoms with E-state index in [9.17, 15) is 30.6 Å². The number of rotatable bonds is 6. The minimum Gasteiger partial charge on any atom is -0.507 e. The molecule has 1 aliphatic rings. The van der Waals surface area contributed by atoms with Crippen molar-refractivity contribution in [2.75, 3.05) is 0 Å². The normalized spacial score (nSPS) is 12.3. The first-order valence-electron chi connectivity index (χ1n) is 28.5. The van der Waals surface area contributed by atoms with Gasteiger partial charge in [0.1, 0.15) is 34.5 Å². The zero-order valence-corrected chi connectivity index (χ0v) is 46.2. The summed E-state index contributed by atoms with van der Waals surface area (Å²) in [5, 5.41) is 76.5. The molecule has 0 atom stereocenters. The average Bonchev–Trinajstić information content (AvgIpc) is 2.92. The third-order valence-corrected chi connectivity index (χ3v) is 16.5. The van der Waals surface area contributed by atoms with Crippen molar-refractivity contribution in [1.29, 1.82) is 0 Å². The molecule has 12 bridgehead atoms. The molecule has 1 aliphatic carbocycles. The molecular formula is C78H60O6. The number of aromatic hydroxyl groups is 6. The molecule has 12 aromatic rings. The Hall–Kier alpha value is -10.6. The molecular weight excluding hydrogens is 1030 g/mol. The summed E-state index contributed by atoms with van der Waals surface area (Å²) < 4.78 is 0. The van der Waals surface area contributed by atoms with Crippen molar-refractivity contribution >= 4 is 0 Å². The Bertz CT molecular complexity index is 3510. The van der Waals surface area contributed by atoms with E-state index in [-0.39, 0.29) is 73.0 Å². The second-order valence-corrected chi connectivity index (χ2v) is 22.1. The zero-order chi connectivity index (χ0) is 57.3. The third-order valence-electron chi connectivity index (χ3n) is 16.5. The molecule has 0 unspecified atom stereocenters. The van der Waals surface area contributed by atoms with Gasteiger partial charge in [-0.1, -0.05) is 182 Å². The lowest BCUT2D eigenvalue weighted by Crippen LogP contribution is -2.03. The van der Waals surface area contributed by atoms with Gasteiger partial charge in [0.25, 0.3) is 0 Å². The molecule has 6 N–H and O–H groups in total. The van der Waals surface area contributed by atoms with E-state index in [1.54, 1.807) is 0 Å². The zero-order valence-electron chi connectivity index (χ0n) is 46.2. The summed E-state index contributed by atoms with van der Waals surface area (Å²) in [6, 6.07) is 83.7. The summed E-state index contributed by atoms with van der Waals surface area (Å²) in [5.74, 6) is 0.244. The molecule has 0 spiro atoms. The molecule has 13 rings (SSSR count). The molecule has 84 heavy (non-hydrogen) atoms. The first-order chi connectivity index (χ1) is 41.1. The molecule has 12 aromatic carbocycles. The Morgan fingerprint density at radius 1 is 0.143 bits per heavy atom. The maximum absolute atomic E-state index is 12.7. The van der Waals surface area contributed by atoms with Crippen molar-refractivity contribution in [2.24, 2.45) is 0 Å². The smallest absolute Gasteiger partial charge is 0.122 e. The van der Waals surface area contributed by atoms with Gasteiger partial charge in [0.05, 0.1) is 0 Å². The lowest BCUT2D eigenvalue weighted by Gasteiger charge is -2.20. The Morgan fingerprint density at radius 3 is 0.357 bits per heavy atom. The van der Waals surface area contributed by atoms with Crippen molar-refractivity contribution < 1.29 is 30.6 Å². The lowest BCUT2D eigenvalue weighted by atomic mass is 9.86. The highest BCUT2D eigenvalue weighted by Gasteiger charge is 2.25. The summed E-state index contributed by atoms with van der Waals surface area (Å²) in [4.78, 5) is 0. The summed E-state index contributed by atoms with van der Waals surface area (Å²) in [6.07, 6.45) is 0.835. The summed E-state index contributed by atoms with van der Waals surface area (Å²) in [7, 11) is 0. The van der Waals surface area contributed by atoms with Crippen LogP contribution in [0.4, 0.5) is 0 Å². The van der Waals surface area contributed by atoms with Crippen LogP contribution in [0, 0.1) is 0 Å². The number of fused-ring (bicyclic) bond motifs is 12. The second kappa shape index (κ2) is 22.8. The molecule has 0 aromatic heterocycles. The van der Waals surface area contributed by atoms with E-state index in [4.69, 9.17) is 0 Å². The first-order valence-corrected chi connectivity index (χ1v) is 28.5. The largest absolute Gasteiger partial charge is 0.507 e. The Kier molecular flexibility index (Phi) is 14.3. The van der Waals surface area contributed by atoms with Crippen LogP contribution in [0.5, 0.6) is 34.5 Å². The number of phenolic OH excluding ortho intramolecular Hbond substituents is 6. The molecule has 0 amide bonds. The van der Waals surface area contributed by atoms with Gasteiger partial charge >= 0.3 is 0 Å². The minimum atomic E-state index is 0.0406. The van der Waals surface area contributed by atoms with Crippen LogP contribution in [0.1, 0.15) is 66.8 Å². The molecule has 0 fully saturated rings. The van der Waals surface area contributed by atoms with Crippen molar-refractivity contribution in [1.82, 2.24) is 0 Å². The van der Waals surface area contributed by atoms with Gasteiger partial charge < -0.3 is 30.6 Å². The minimum absolute atomic E-state index is 0.0406. The van der Waals surface area contributed by atoms with Gasteiger partial charge in [-0.25, -0.2) is 0 Å². The van der Waals surface area contributed by atoms with Crippen LogP contribution in [0.25, 0.3) is 66.8 Å². The van der Waals surface area contributed by atoms with Crippen LogP contribution in [0.2, 0.25) is 0 Å². The van der Waals surface area contributed by atoms with E-state index in [0.717, 1.165) is 66.8 Å². The van der Waals surface area contributed by atoms with Gasteiger partial charge in [0, 0.05) is 38.5 Å². The van der Waals surface area contributed by atoms with Gasteiger partial charge in [0.2, 0.25) is 0 Å². The highest BCUT2D eigenvalue weighted by molar-refractivity contribution is 5.76. The van der Waals surface area contributed by atoms with E-state index in [2.05, 4.69) is 0 Å². The van der Waals surface area contributed by atoms with Crippen molar-refractivity contribution in [3.8, 4) is 101 Å². The quantitative estimate of drug-likeness (QED) is 0.0987. The molecule has 0 saturated carbocycles. The fraction of sp³-hybridized carbons (Fsp3) is 0.0769. The summed E-state index contributed by atoms with van der Waals surface area (Å²) >= 11 is 0. The van der Waals surface area contributed by atoms with Crippen LogP contribution >= 0.6 is 0 Å². The molecule has 6 nitrogen and oxygen atoms in total. The highest BCUT2D eigenvalue weighted by atomic mass is 16.3. The maximum Gasteiger partial charge on any atom is 0.122 e. The molecule has 0 radical (unpaired) electrons. The van der Waals surface area contributed by atoms with Gasteiger partial charge in [-0.15, -0.1) is 0 Å². The van der Waals surface area contributed by atoms with Gasteiger partial charge in [-0.05, 0) is 206 Å². The van der Waals surface area contributed by atoms with E-state index in [0.29, 0.717) is 66.8 Å². The van der Waals surface area contributed by atoms with Crippen LogP contribution in [0.3, 0.4) is 0 Å². The third kappa shape index (κ3) is 10.8. The fourth-order valence-electron chi connectivity index (χ4n) is 12.2. The Balaban J connectivity index is 1.07. The number of hydrogen-bond acceptors (Lipinski definition) is 6. The lowest BCUT2D eigenvalue weighted by molar-refractivity contribution is 0.451. The van der Waals surface area contributed by atoms with E-state index < -0.39 is 0 Å². The predicted molar refractivity (Wildman–Crippen MR) is 338 cm³/mol. The number of hydrogen-bond donors (Lipinski definition) is 6. The van der Waals surface area contributed by atoms with Crippen molar-refractivity contribution in [2.45, 2.75) is 38.5 Å². The van der Waals surface area contributed by atoms with E-state index in [1.807, 2.05) is 255 Å². The number of phenols is 6. The van der Waals surface area contributed by atoms with Gasteiger partial charge in [-0.3, -0.25) is 0 Å². The number of benzene rings is 12. The molecule has 0 heterocycles. The Morgan fingerprint density at radius 2 is 0.250 bits per heavy atom. The predicted octanol–water partition coefficient (Wildman–Crippen LogP) is 17.8. The maximum atomic E-state index is 12.7. The van der Waals surface area contributed by atoms with Gasteiger partial charge in [0.15, 0.2) is 0 Å². The second-order valence-electron chi connectivity index (χ2n) is 22.1.